The van der Waals surface area contributed by atoms with E-state index in [9.17, 15) is 62.3 Å². The van der Waals surface area contributed by atoms with Crippen molar-refractivity contribution in [1.82, 2.24) is 10.6 Å². The smallest absolute Gasteiger partial charge is 0.380 e. The van der Waals surface area contributed by atoms with Crippen LogP contribution in [0.4, 0.5) is 0 Å². The van der Waals surface area contributed by atoms with Gasteiger partial charge in [0.15, 0.2) is 57.4 Å². The molecule has 3 unspecified atom stereocenters. The minimum atomic E-state index is -2.08. The van der Waals surface area contributed by atoms with Gasteiger partial charge in [-0.3, -0.25) is 19.2 Å². The van der Waals surface area contributed by atoms with Crippen LogP contribution in [0.2, 0.25) is 0 Å². The molecule has 83 heavy (non-hydrogen) atoms. The molecule has 456 valence electrons. The molecule has 3 atom stereocenters. The Kier molecular flexibility index (Phi) is 17.4. The molecule has 0 bridgehead atoms. The van der Waals surface area contributed by atoms with Gasteiger partial charge in [-0.25, -0.2) is 43.2 Å². The maximum absolute atomic E-state index is 13.8. The van der Waals surface area contributed by atoms with Crippen LogP contribution in [0.15, 0.2) is 0 Å². The second-order valence-corrected chi connectivity index (χ2v) is 23.9. The van der Waals surface area contributed by atoms with Gasteiger partial charge in [0.2, 0.25) is 11.8 Å². The molecule has 30 nitrogen and oxygen atoms in total. The largest absolute Gasteiger partial charge is 0.600 e. The molecular formula is C53H72N5O25+3. The van der Waals surface area contributed by atoms with Gasteiger partial charge in [0.1, 0.15) is 11.6 Å². The van der Waals surface area contributed by atoms with Crippen molar-refractivity contribution in [3.8, 4) is 0 Å². The summed E-state index contributed by atoms with van der Waals surface area (Å²) in [5, 5.41) is 5.63. The highest BCUT2D eigenvalue weighted by atomic mass is 17.0. The first-order valence-corrected chi connectivity index (χ1v) is 28.3. The number of hydrogen-bond acceptors (Lipinski definition) is 25. The van der Waals surface area contributed by atoms with Crippen LogP contribution in [-0.2, 0) is 119 Å². The van der Waals surface area contributed by atoms with Crippen LogP contribution in [0.1, 0.15) is 117 Å². The third kappa shape index (κ3) is 11.9. The molecule has 0 aromatic heterocycles. The van der Waals surface area contributed by atoms with Crippen LogP contribution in [0, 0.1) is 10.8 Å². The van der Waals surface area contributed by atoms with Crippen molar-refractivity contribution in [3.05, 3.63) is 0 Å². The van der Waals surface area contributed by atoms with Gasteiger partial charge in [-0.05, 0) is 38.5 Å². The molecule has 0 aliphatic carbocycles. The zero-order chi connectivity index (χ0) is 59.6. The predicted molar refractivity (Wildman–Crippen MR) is 264 cm³/mol. The van der Waals surface area contributed by atoms with Crippen molar-refractivity contribution in [3.63, 3.8) is 0 Å². The number of esters is 9. The van der Waals surface area contributed by atoms with E-state index in [1.807, 2.05) is 0 Å². The molecule has 9 aliphatic rings. The first-order valence-electron chi connectivity index (χ1n) is 28.3. The Balaban J connectivity index is 0.728. The molecule has 0 aromatic rings. The van der Waals surface area contributed by atoms with E-state index in [2.05, 4.69) is 10.6 Å². The van der Waals surface area contributed by atoms with Gasteiger partial charge in [0, 0.05) is 75.3 Å². The van der Waals surface area contributed by atoms with E-state index in [4.69, 9.17) is 56.8 Å². The summed E-state index contributed by atoms with van der Waals surface area (Å²) in [7, 11) is 0. The lowest BCUT2D eigenvalue weighted by molar-refractivity contribution is -1.00. The summed E-state index contributed by atoms with van der Waals surface area (Å²) >= 11 is 0. The molecule has 9 saturated heterocycles. The molecule has 9 heterocycles. The third-order valence-corrected chi connectivity index (χ3v) is 16.8. The van der Waals surface area contributed by atoms with Crippen molar-refractivity contribution >= 4 is 77.1 Å². The second-order valence-electron chi connectivity index (χ2n) is 23.9. The number of Topliss-reactive ketones (excluding diaryl/α,β-unsaturated/α-hetero) is 2. The van der Waals surface area contributed by atoms with Crippen molar-refractivity contribution in [2.75, 3.05) is 92.0 Å². The van der Waals surface area contributed by atoms with Crippen LogP contribution >= 0.6 is 0 Å². The number of hydrogen-bond donors (Lipinski definition) is 2. The number of nitrogens with one attached hydrogen (secondary N) is 2. The van der Waals surface area contributed by atoms with Crippen LogP contribution in [0.3, 0.4) is 0 Å². The summed E-state index contributed by atoms with van der Waals surface area (Å²) in [5.41, 5.74) is -1.95. The van der Waals surface area contributed by atoms with Crippen LogP contribution < -0.4 is 10.6 Å². The van der Waals surface area contributed by atoms with E-state index in [-0.39, 0.29) is 171 Å². The fraction of sp³-hybridized carbons (Fsp3) is 0.755. The van der Waals surface area contributed by atoms with E-state index < -0.39 is 110 Å². The van der Waals surface area contributed by atoms with Crippen molar-refractivity contribution in [2.24, 2.45) is 10.8 Å². The maximum Gasteiger partial charge on any atom is 0.600 e. The summed E-state index contributed by atoms with van der Waals surface area (Å²) in [6.07, 6.45) is -2.22. The normalized spacial score (nSPS) is 32.1. The average molecular weight is 1180 g/mol. The third-order valence-electron chi connectivity index (χ3n) is 16.8. The molecule has 9 rings (SSSR count). The number of carbonyl (C=O) groups excluding carboxylic acids is 13. The van der Waals surface area contributed by atoms with Gasteiger partial charge in [-0.2, -0.15) is 13.4 Å². The quantitative estimate of drug-likeness (QED) is 0.0333. The van der Waals surface area contributed by atoms with E-state index in [0.717, 1.165) is 0 Å². The molecule has 30 heteroatoms. The Bertz CT molecular complexity index is 2360. The summed E-state index contributed by atoms with van der Waals surface area (Å²) < 4.78 is 63.9. The number of quaternary nitrogens is 3. The highest BCUT2D eigenvalue weighted by Crippen LogP contribution is 2.52. The van der Waals surface area contributed by atoms with Crippen molar-refractivity contribution in [2.45, 2.75) is 154 Å². The number of ketones is 2. The Hall–Kier alpha value is -6.73. The fourth-order valence-corrected chi connectivity index (χ4v) is 12.5. The highest BCUT2D eigenvalue weighted by Gasteiger charge is 2.85. The zero-order valence-electron chi connectivity index (χ0n) is 46.8. The van der Waals surface area contributed by atoms with E-state index in [1.54, 1.807) is 20.8 Å². The van der Waals surface area contributed by atoms with Gasteiger partial charge >= 0.3 is 72.0 Å². The summed E-state index contributed by atoms with van der Waals surface area (Å²) in [5.74, 6) is -6.78. The Morgan fingerprint density at radius 3 is 1.11 bits per heavy atom. The van der Waals surface area contributed by atoms with E-state index in [1.165, 1.54) is 0 Å². The van der Waals surface area contributed by atoms with Crippen LogP contribution in [-0.4, -0.2) is 219 Å². The molecular weight excluding hydrogens is 1110 g/mol. The lowest BCUT2D eigenvalue weighted by Gasteiger charge is -2.34. The van der Waals surface area contributed by atoms with Crippen LogP contribution in [0.25, 0.3) is 0 Å². The number of ether oxygens (including phenoxy) is 12. The monoisotopic (exact) mass is 1180 g/mol. The Morgan fingerprint density at radius 2 is 0.771 bits per heavy atom. The summed E-state index contributed by atoms with van der Waals surface area (Å²) in [6.45, 7) is 3.75. The van der Waals surface area contributed by atoms with E-state index >= 15 is 0 Å². The van der Waals surface area contributed by atoms with Gasteiger partial charge in [-0.1, -0.05) is 27.2 Å². The minimum Gasteiger partial charge on any atom is -0.380 e. The van der Waals surface area contributed by atoms with Crippen molar-refractivity contribution in [1.29, 1.82) is 0 Å². The first kappa shape index (κ1) is 60.8. The Morgan fingerprint density at radius 1 is 0.446 bits per heavy atom. The SMILES string of the molecule is CC(C)(C)C(=O)CC(COCCC(=O)CCCCCC1C(=O)OC23OC(=O)C[N+]12CC(=O)O3)(COCCC(=O)NCCCCC1C(=O)OC23OC(=O)C[N+]12CC(=O)O3)COCCC(=O)NCCCCC1C(=O)OC23OC(=O)C[N+]12CC(=O)O3. The molecule has 0 spiro atoms. The number of amides is 2. The summed E-state index contributed by atoms with van der Waals surface area (Å²) in [4.78, 5) is 164. The fourth-order valence-electron chi connectivity index (χ4n) is 12.5. The maximum atomic E-state index is 13.8. The Labute approximate surface area is 475 Å². The topological polar surface area (TPSA) is 357 Å². The average Bonchev–Trinajstić information content (AvgIpc) is 3.62. The lowest BCUT2D eigenvalue weighted by Crippen LogP contribution is -2.59. The molecule has 2 N–H and O–H groups in total. The van der Waals surface area contributed by atoms with E-state index in [0.29, 0.717) is 44.9 Å². The molecule has 9 aliphatic heterocycles. The summed E-state index contributed by atoms with van der Waals surface area (Å²) in [6, 6.07) is -2.58. The van der Waals surface area contributed by atoms with Crippen LogP contribution in [0.5, 0.6) is 0 Å². The number of rotatable bonds is 33. The number of nitrogens with zero attached hydrogens (tertiary/aromatic N) is 3. The zero-order valence-corrected chi connectivity index (χ0v) is 46.8. The lowest BCUT2D eigenvalue weighted by atomic mass is 9.77. The predicted octanol–water partition coefficient (Wildman–Crippen LogP) is -1.31. The minimum absolute atomic E-state index is 0.0195. The molecule has 0 aromatic carbocycles. The van der Waals surface area contributed by atoms with Gasteiger partial charge in [0.05, 0.1) is 39.6 Å². The molecule has 2 amide bonds. The van der Waals surface area contributed by atoms with Gasteiger partial charge in [-0.15, -0.1) is 0 Å². The number of carbonyl (C=O) groups is 13. The van der Waals surface area contributed by atoms with Gasteiger partial charge < -0.3 is 67.5 Å². The highest BCUT2D eigenvalue weighted by molar-refractivity contribution is 5.87. The standard InChI is InChI=1S/C53H70N5O25/c1-49(2,3)37(60)23-50(30-72-20-15-33(59)11-5-4-6-12-34-46(69)81-51-56(34,24-40(63)75-51)25-41(64)76-51,31-73-21-16-38(61)54-18-9-7-13-35-47(70)82-52-57(35,26-42(65)77-52)27-43(66)78-52)32-74-22-17-39(62)55-19-10-8-14-36-48(71)83-53-58(36,28-44(67)79-53)29-45(68)80-53/h34-36H,4-32H2,1-3H3/q+1/p+2. The van der Waals surface area contributed by atoms with Crippen molar-refractivity contribution < 1.29 is 133 Å². The molecule has 9 fully saturated rings. The number of unbranched alkanes of at least 4 members (excludes halogenated alkanes) is 4. The van der Waals surface area contributed by atoms with Gasteiger partial charge in [0.25, 0.3) is 0 Å². The first-order chi connectivity index (χ1) is 39.3. The second kappa shape index (κ2) is 23.7. The molecule has 0 saturated carbocycles. The molecule has 0 radical (unpaired) electrons.